The van der Waals surface area contributed by atoms with Crippen LogP contribution in [-0.2, 0) is 19.1 Å². The number of carbonyl (C=O) groups excluding carboxylic acids is 2. The fraction of sp³-hybridized carbons (Fsp3) is 0.951. The van der Waals surface area contributed by atoms with Crippen LogP contribution >= 0.6 is 0 Å². The highest BCUT2D eigenvalue weighted by Gasteiger charge is 2.44. The van der Waals surface area contributed by atoms with Crippen molar-refractivity contribution in [3.8, 4) is 0 Å². The van der Waals surface area contributed by atoms with E-state index in [2.05, 4.69) is 17.6 Å². The molecule has 1 aliphatic heterocycles. The zero-order valence-electron chi connectivity index (χ0n) is 33.8. The van der Waals surface area contributed by atoms with Crippen LogP contribution in [0.3, 0.4) is 0 Å². The minimum absolute atomic E-state index is 0.0851. The molecule has 0 radical (unpaired) electrons. The van der Waals surface area contributed by atoms with Gasteiger partial charge in [0.15, 0.2) is 6.29 Å². The third-order valence-corrected chi connectivity index (χ3v) is 10.3. The molecule has 12 nitrogen and oxygen atoms in total. The molecule has 0 saturated carbocycles. The Morgan fingerprint density at radius 1 is 0.698 bits per heavy atom. The number of rotatable bonds is 32. The van der Waals surface area contributed by atoms with Gasteiger partial charge >= 0.3 is 0 Å². The maximum Gasteiger partial charge on any atom is 0.225 e. The summed E-state index contributed by atoms with van der Waals surface area (Å²) in [5.74, 6) is -0.204. The van der Waals surface area contributed by atoms with E-state index in [-0.39, 0.29) is 30.3 Å². The quantitative estimate of drug-likeness (QED) is 0.0424. The lowest BCUT2D eigenvalue weighted by molar-refractivity contribution is -0.303. The van der Waals surface area contributed by atoms with Crippen LogP contribution in [0.4, 0.5) is 0 Å². The fourth-order valence-electron chi connectivity index (χ4n) is 6.66. The summed E-state index contributed by atoms with van der Waals surface area (Å²) in [6, 6.07) is -1.01. The minimum Gasteiger partial charge on any atom is -0.394 e. The van der Waals surface area contributed by atoms with Gasteiger partial charge in [-0.15, -0.1) is 0 Å². The molecule has 2 unspecified atom stereocenters. The van der Waals surface area contributed by atoms with Crippen molar-refractivity contribution in [2.45, 2.75) is 224 Å². The molecule has 314 valence electrons. The zero-order chi connectivity index (χ0) is 39.5. The van der Waals surface area contributed by atoms with Crippen molar-refractivity contribution >= 4 is 11.8 Å². The van der Waals surface area contributed by atoms with Crippen molar-refractivity contribution in [2.75, 3.05) is 19.8 Å². The van der Waals surface area contributed by atoms with Crippen molar-refractivity contribution in [1.29, 1.82) is 0 Å². The fourth-order valence-corrected chi connectivity index (χ4v) is 6.66. The molecule has 0 aliphatic carbocycles. The van der Waals surface area contributed by atoms with Crippen molar-refractivity contribution in [3.63, 3.8) is 0 Å². The average Bonchev–Trinajstić information content (AvgIpc) is 3.12. The lowest BCUT2D eigenvalue weighted by Gasteiger charge is -2.40. The molecule has 8 N–H and O–H groups in total. The lowest BCUT2D eigenvalue weighted by Crippen LogP contribution is -2.60. The number of carbonyl (C=O) groups is 2. The van der Waals surface area contributed by atoms with E-state index in [0.717, 1.165) is 77.0 Å². The molecule has 1 heterocycles. The maximum atomic E-state index is 12.9. The number of aliphatic hydroxyl groups excluding tert-OH is 6. The van der Waals surface area contributed by atoms with Gasteiger partial charge in [-0.1, -0.05) is 150 Å². The summed E-state index contributed by atoms with van der Waals surface area (Å²) in [6.07, 6.45) is 14.2. The molecule has 8 atom stereocenters. The molecule has 1 aliphatic rings. The highest BCUT2D eigenvalue weighted by molar-refractivity contribution is 5.81. The third kappa shape index (κ3) is 22.7. The molecule has 0 aromatic rings. The van der Waals surface area contributed by atoms with E-state index in [1.54, 1.807) is 0 Å². The van der Waals surface area contributed by atoms with Gasteiger partial charge in [-0.25, -0.2) is 0 Å². The van der Waals surface area contributed by atoms with E-state index < -0.39 is 55.6 Å². The standard InChI is InChI=1S/C41H80N2O10/c1-5-6-7-8-9-10-11-12-14-17-20-23-26-32(45)35(47)31(30-52-39-38(50)37(49)36(48)33(29-44)53-39)43-34(46)27-24-21-18-15-13-16-19-22-25-28-42-40(51)41(2,3)4/h31-33,35-39,44-45,47-50H,5-30H2,1-4H3,(H,42,51)(H,43,46)/t31-,32+,33?,35-,36-,37-,38?,39-/m0/s1. The second kappa shape index (κ2) is 29.8. The third-order valence-electron chi connectivity index (χ3n) is 10.3. The van der Waals surface area contributed by atoms with Gasteiger partial charge < -0.3 is 50.7 Å². The van der Waals surface area contributed by atoms with Crippen LogP contribution in [0.1, 0.15) is 175 Å². The number of hydrogen-bond acceptors (Lipinski definition) is 10. The topological polar surface area (TPSA) is 198 Å². The number of amides is 2. The first-order chi connectivity index (χ1) is 25.3. The molecule has 1 fully saturated rings. The van der Waals surface area contributed by atoms with Crippen molar-refractivity contribution in [3.05, 3.63) is 0 Å². The molecule has 53 heavy (non-hydrogen) atoms. The molecular weight excluding hydrogens is 680 g/mol. The molecule has 0 bridgehead atoms. The normalized spacial score (nSPS) is 22.3. The Morgan fingerprint density at radius 2 is 1.19 bits per heavy atom. The van der Waals surface area contributed by atoms with Crippen molar-refractivity contribution < 1.29 is 49.7 Å². The van der Waals surface area contributed by atoms with Crippen LogP contribution in [0, 0.1) is 5.41 Å². The zero-order valence-corrected chi connectivity index (χ0v) is 33.8. The summed E-state index contributed by atoms with van der Waals surface area (Å²) in [7, 11) is 0. The number of ether oxygens (including phenoxy) is 2. The molecule has 2 amide bonds. The molecule has 1 saturated heterocycles. The Balaban J connectivity index is 2.44. The van der Waals surface area contributed by atoms with E-state index in [4.69, 9.17) is 9.47 Å². The first-order valence-corrected chi connectivity index (χ1v) is 21.2. The number of aliphatic hydroxyl groups is 6. The lowest BCUT2D eigenvalue weighted by atomic mass is 9.96. The summed E-state index contributed by atoms with van der Waals surface area (Å²) in [4.78, 5) is 24.9. The second-order valence-electron chi connectivity index (χ2n) is 16.4. The summed E-state index contributed by atoms with van der Waals surface area (Å²) in [5.41, 5.74) is -0.358. The van der Waals surface area contributed by atoms with Crippen LogP contribution in [-0.4, -0.2) is 111 Å². The smallest absolute Gasteiger partial charge is 0.225 e. The van der Waals surface area contributed by atoms with Crippen molar-refractivity contribution in [1.82, 2.24) is 10.6 Å². The van der Waals surface area contributed by atoms with Gasteiger partial charge in [0.25, 0.3) is 0 Å². The predicted octanol–water partition coefficient (Wildman–Crippen LogP) is 5.16. The van der Waals surface area contributed by atoms with Gasteiger partial charge in [0.2, 0.25) is 11.8 Å². The average molecular weight is 761 g/mol. The minimum atomic E-state index is -1.62. The van der Waals surface area contributed by atoms with Crippen molar-refractivity contribution in [2.24, 2.45) is 5.41 Å². The number of unbranched alkanes of at least 4 members (excludes halogenated alkanes) is 19. The first kappa shape index (κ1) is 49.6. The van der Waals surface area contributed by atoms with Crippen LogP contribution < -0.4 is 10.6 Å². The largest absolute Gasteiger partial charge is 0.394 e. The van der Waals surface area contributed by atoms with Gasteiger partial charge in [-0.3, -0.25) is 9.59 Å². The maximum absolute atomic E-state index is 12.9. The Bertz CT molecular complexity index is 918. The van der Waals surface area contributed by atoms with E-state index in [1.165, 1.54) is 51.4 Å². The first-order valence-electron chi connectivity index (χ1n) is 21.2. The summed E-state index contributed by atoms with van der Waals surface area (Å²) >= 11 is 0. The Kier molecular flexibility index (Phi) is 28.0. The Morgan fingerprint density at radius 3 is 1.70 bits per heavy atom. The molecule has 0 spiro atoms. The van der Waals surface area contributed by atoms with Crippen LogP contribution in [0.2, 0.25) is 0 Å². The van der Waals surface area contributed by atoms with E-state index in [1.807, 2.05) is 20.8 Å². The molecule has 1 rings (SSSR count). The monoisotopic (exact) mass is 761 g/mol. The summed E-state index contributed by atoms with van der Waals surface area (Å²) in [5, 5.41) is 67.9. The number of hydrogen-bond donors (Lipinski definition) is 8. The van der Waals surface area contributed by atoms with E-state index in [0.29, 0.717) is 19.4 Å². The van der Waals surface area contributed by atoms with Gasteiger partial charge in [0, 0.05) is 18.4 Å². The van der Waals surface area contributed by atoms with Crippen LogP contribution in [0.15, 0.2) is 0 Å². The van der Waals surface area contributed by atoms with Gasteiger partial charge in [0.05, 0.1) is 25.4 Å². The summed E-state index contributed by atoms with van der Waals surface area (Å²) < 4.78 is 11.1. The highest BCUT2D eigenvalue weighted by atomic mass is 16.7. The summed E-state index contributed by atoms with van der Waals surface area (Å²) in [6.45, 7) is 7.75. The van der Waals surface area contributed by atoms with E-state index >= 15 is 0 Å². The molecule has 12 heteroatoms. The highest BCUT2D eigenvalue weighted by Crippen LogP contribution is 2.23. The van der Waals surface area contributed by atoms with Gasteiger partial charge in [-0.05, 0) is 19.3 Å². The predicted molar refractivity (Wildman–Crippen MR) is 208 cm³/mol. The Labute approximate surface area is 321 Å². The van der Waals surface area contributed by atoms with Crippen LogP contribution in [0.5, 0.6) is 0 Å². The molecular formula is C41H80N2O10. The molecule has 0 aromatic carbocycles. The number of nitrogens with one attached hydrogen (secondary N) is 2. The van der Waals surface area contributed by atoms with Gasteiger partial charge in [0.1, 0.15) is 30.5 Å². The van der Waals surface area contributed by atoms with Crippen LogP contribution in [0.25, 0.3) is 0 Å². The Hall–Kier alpha value is -1.38. The van der Waals surface area contributed by atoms with Gasteiger partial charge in [-0.2, -0.15) is 0 Å². The SMILES string of the molecule is CCCCCCCCCCCCCC[C@@H](O)[C@@H](O)[C@H](CO[C@H]1OC(CO)[C@H](O)[C@H](O)C1O)NC(=O)CCCCCCCCCCCNC(=O)C(C)(C)C. The van der Waals surface area contributed by atoms with E-state index in [9.17, 15) is 40.2 Å². The second-order valence-corrected chi connectivity index (χ2v) is 16.4. The molecule has 0 aromatic heterocycles.